The van der Waals surface area contributed by atoms with E-state index in [-0.39, 0.29) is 5.91 Å². The number of rotatable bonds is 4. The molecule has 0 aliphatic rings. The van der Waals surface area contributed by atoms with Crippen LogP contribution in [0, 0.1) is 6.92 Å². The zero-order valence-electron chi connectivity index (χ0n) is 14.6. The highest BCUT2D eigenvalue weighted by molar-refractivity contribution is 7.99. The van der Waals surface area contributed by atoms with Crippen LogP contribution < -0.4 is 5.32 Å². The third-order valence-corrected chi connectivity index (χ3v) is 6.88. The van der Waals surface area contributed by atoms with Crippen molar-refractivity contribution in [3.8, 4) is 0 Å². The van der Waals surface area contributed by atoms with Crippen molar-refractivity contribution >= 4 is 65.9 Å². The molecule has 132 valence electrons. The lowest BCUT2D eigenvalue weighted by molar-refractivity contribution is 0.102. The number of fused-ring (bicyclic) bond motifs is 3. The van der Waals surface area contributed by atoms with Crippen LogP contribution in [0.25, 0.3) is 20.4 Å². The Hall–Kier alpha value is -1.96. The van der Waals surface area contributed by atoms with Crippen LogP contribution in [0.4, 0.5) is 5.13 Å². The van der Waals surface area contributed by atoms with Crippen molar-refractivity contribution in [1.82, 2.24) is 9.97 Å². The van der Waals surface area contributed by atoms with Gasteiger partial charge in [-0.2, -0.15) is 0 Å². The van der Waals surface area contributed by atoms with E-state index >= 15 is 0 Å². The number of hydrogen-bond donors (Lipinski definition) is 1. The number of amides is 1. The number of aromatic nitrogens is 2. The molecule has 7 heteroatoms. The second kappa shape index (κ2) is 6.98. The number of nitrogens with one attached hydrogen (secondary N) is 1. The normalized spacial score (nSPS) is 11.5. The van der Waals surface area contributed by atoms with Crippen molar-refractivity contribution in [2.75, 3.05) is 5.32 Å². The van der Waals surface area contributed by atoms with Gasteiger partial charge in [0.15, 0.2) is 5.13 Å². The minimum absolute atomic E-state index is 0.137. The maximum absolute atomic E-state index is 12.5. The minimum atomic E-state index is -0.137. The number of anilines is 1. The van der Waals surface area contributed by atoms with Crippen LogP contribution in [0.2, 0.25) is 0 Å². The first kappa shape index (κ1) is 17.5. The van der Waals surface area contributed by atoms with E-state index < -0.39 is 0 Å². The summed E-state index contributed by atoms with van der Waals surface area (Å²) in [6.45, 7) is 6.31. The van der Waals surface area contributed by atoms with Crippen LogP contribution in [0.15, 0.2) is 41.3 Å². The highest BCUT2D eigenvalue weighted by Crippen LogP contribution is 2.35. The van der Waals surface area contributed by atoms with Crippen LogP contribution in [0.3, 0.4) is 0 Å². The summed E-state index contributed by atoms with van der Waals surface area (Å²) in [7, 11) is 0. The van der Waals surface area contributed by atoms with Gasteiger partial charge in [0.05, 0.1) is 25.4 Å². The van der Waals surface area contributed by atoms with E-state index in [4.69, 9.17) is 0 Å². The Bertz CT molecular complexity index is 1100. The number of thioether (sulfide) groups is 1. The largest absolute Gasteiger partial charge is 0.298 e. The highest BCUT2D eigenvalue weighted by Gasteiger charge is 2.13. The van der Waals surface area contributed by atoms with Crippen molar-refractivity contribution in [3.05, 3.63) is 47.0 Å². The summed E-state index contributed by atoms with van der Waals surface area (Å²) < 4.78 is 2.21. The van der Waals surface area contributed by atoms with Crippen molar-refractivity contribution in [1.29, 1.82) is 0 Å². The summed E-state index contributed by atoms with van der Waals surface area (Å²) in [6, 6.07) is 11.6. The lowest BCUT2D eigenvalue weighted by Gasteiger charge is -2.06. The van der Waals surface area contributed by atoms with Crippen LogP contribution in [0.5, 0.6) is 0 Å². The van der Waals surface area contributed by atoms with Crippen molar-refractivity contribution in [2.45, 2.75) is 30.9 Å². The van der Waals surface area contributed by atoms with Gasteiger partial charge in [0.1, 0.15) is 0 Å². The van der Waals surface area contributed by atoms with Gasteiger partial charge in [-0.1, -0.05) is 25.2 Å². The van der Waals surface area contributed by atoms with E-state index in [1.54, 1.807) is 23.1 Å². The standard InChI is InChI=1S/C19H17N3OS3/c1-10(2)24-13-6-4-12(5-7-13)18(23)22-19-21-15-9-8-14-16(17(15)26-19)25-11(3)20-14/h4-10H,1-3H3,(H,21,22,23). The predicted molar refractivity (Wildman–Crippen MR) is 113 cm³/mol. The van der Waals surface area contributed by atoms with Gasteiger partial charge in [-0.05, 0) is 43.3 Å². The third kappa shape index (κ3) is 3.47. The quantitative estimate of drug-likeness (QED) is 0.430. The first-order chi connectivity index (χ1) is 12.5. The Morgan fingerprint density at radius 1 is 1.00 bits per heavy atom. The molecular weight excluding hydrogens is 382 g/mol. The number of benzene rings is 2. The Morgan fingerprint density at radius 3 is 2.35 bits per heavy atom. The molecule has 0 bridgehead atoms. The molecule has 0 radical (unpaired) electrons. The summed E-state index contributed by atoms with van der Waals surface area (Å²) in [5.41, 5.74) is 2.51. The topological polar surface area (TPSA) is 54.9 Å². The van der Waals surface area contributed by atoms with Crippen LogP contribution in [-0.2, 0) is 0 Å². The van der Waals surface area contributed by atoms with Crippen LogP contribution in [-0.4, -0.2) is 21.1 Å². The number of aryl methyl sites for hydroxylation is 1. The molecule has 26 heavy (non-hydrogen) atoms. The number of nitrogens with zero attached hydrogens (tertiary/aromatic N) is 2. The molecule has 4 rings (SSSR count). The second-order valence-corrected chi connectivity index (χ2v) is 10.0. The minimum Gasteiger partial charge on any atom is -0.298 e. The number of thiazole rings is 2. The molecule has 2 aromatic heterocycles. The average molecular weight is 400 g/mol. The Balaban J connectivity index is 1.58. The van der Waals surface area contributed by atoms with Crippen LogP contribution in [0.1, 0.15) is 29.2 Å². The molecule has 0 saturated carbocycles. The fraction of sp³-hybridized carbons (Fsp3) is 0.211. The van der Waals surface area contributed by atoms with E-state index in [0.29, 0.717) is 15.9 Å². The summed E-state index contributed by atoms with van der Waals surface area (Å²) in [5.74, 6) is -0.137. The average Bonchev–Trinajstić information content (AvgIpc) is 3.16. The van der Waals surface area contributed by atoms with Gasteiger partial charge in [0.25, 0.3) is 5.91 Å². The fourth-order valence-corrected chi connectivity index (χ4v) is 5.50. The highest BCUT2D eigenvalue weighted by atomic mass is 32.2. The van der Waals surface area contributed by atoms with Gasteiger partial charge >= 0.3 is 0 Å². The summed E-state index contributed by atoms with van der Waals surface area (Å²) in [5, 5.41) is 5.09. The molecule has 2 heterocycles. The molecule has 0 aliphatic heterocycles. The molecule has 4 nitrogen and oxygen atoms in total. The monoisotopic (exact) mass is 399 g/mol. The maximum Gasteiger partial charge on any atom is 0.257 e. The SMILES string of the molecule is Cc1nc2ccc3nc(NC(=O)c4ccc(SC(C)C)cc4)sc3c2s1. The molecule has 0 unspecified atom stereocenters. The number of carbonyl (C=O) groups is 1. The van der Waals surface area contributed by atoms with Gasteiger partial charge in [-0.3, -0.25) is 10.1 Å². The molecule has 0 atom stereocenters. The lowest BCUT2D eigenvalue weighted by atomic mass is 10.2. The predicted octanol–water partition coefficient (Wildman–Crippen LogP) is 5.97. The number of carbonyl (C=O) groups excluding carboxylic acids is 1. The third-order valence-electron chi connectivity index (χ3n) is 3.73. The van der Waals surface area contributed by atoms with E-state index in [2.05, 4.69) is 29.1 Å². The van der Waals surface area contributed by atoms with E-state index in [1.165, 1.54) is 16.2 Å². The van der Waals surface area contributed by atoms with E-state index in [1.807, 2.05) is 43.3 Å². The molecule has 0 saturated heterocycles. The van der Waals surface area contributed by atoms with Gasteiger partial charge in [0.2, 0.25) is 0 Å². The van der Waals surface area contributed by atoms with E-state index in [9.17, 15) is 4.79 Å². The smallest absolute Gasteiger partial charge is 0.257 e. The van der Waals surface area contributed by atoms with E-state index in [0.717, 1.165) is 25.4 Å². The first-order valence-corrected chi connectivity index (χ1v) is 10.8. The molecule has 1 N–H and O–H groups in total. The lowest BCUT2D eigenvalue weighted by Crippen LogP contribution is -2.11. The summed E-state index contributed by atoms with van der Waals surface area (Å²) >= 11 is 4.94. The Labute approximate surface area is 163 Å². The van der Waals surface area contributed by atoms with Crippen LogP contribution >= 0.6 is 34.4 Å². The van der Waals surface area contributed by atoms with Gasteiger partial charge in [-0.25, -0.2) is 9.97 Å². The fourth-order valence-electron chi connectivity index (χ4n) is 2.66. The Morgan fingerprint density at radius 2 is 1.65 bits per heavy atom. The van der Waals surface area contributed by atoms with Crippen molar-refractivity contribution in [3.63, 3.8) is 0 Å². The molecule has 1 amide bonds. The second-order valence-electron chi connectivity index (χ2n) is 6.16. The van der Waals surface area contributed by atoms with Gasteiger partial charge < -0.3 is 0 Å². The zero-order chi connectivity index (χ0) is 18.3. The maximum atomic E-state index is 12.5. The molecule has 0 aliphatic carbocycles. The molecule has 2 aromatic carbocycles. The molecule has 4 aromatic rings. The molecular formula is C19H17N3OS3. The summed E-state index contributed by atoms with van der Waals surface area (Å²) in [4.78, 5) is 22.8. The Kier molecular flexibility index (Phi) is 4.69. The van der Waals surface area contributed by atoms with Crippen molar-refractivity contribution < 1.29 is 4.79 Å². The zero-order valence-corrected chi connectivity index (χ0v) is 17.0. The first-order valence-electron chi connectivity index (χ1n) is 8.24. The number of hydrogen-bond acceptors (Lipinski definition) is 6. The van der Waals surface area contributed by atoms with Gasteiger partial charge in [-0.15, -0.1) is 23.1 Å². The molecule has 0 fully saturated rings. The van der Waals surface area contributed by atoms with Gasteiger partial charge in [0, 0.05) is 15.7 Å². The molecule has 0 spiro atoms. The van der Waals surface area contributed by atoms with Crippen molar-refractivity contribution in [2.24, 2.45) is 0 Å². The summed E-state index contributed by atoms with van der Waals surface area (Å²) in [6.07, 6.45) is 0.